The lowest BCUT2D eigenvalue weighted by Gasteiger charge is -2.34. The van der Waals surface area contributed by atoms with Crippen molar-refractivity contribution in [2.75, 3.05) is 45.9 Å². The van der Waals surface area contributed by atoms with Gasteiger partial charge < -0.3 is 20.4 Å². The zero-order chi connectivity index (χ0) is 14.3. The van der Waals surface area contributed by atoms with E-state index < -0.39 is 11.8 Å². The molecule has 0 aromatic rings. The van der Waals surface area contributed by atoms with E-state index in [1.807, 2.05) is 11.8 Å². The number of piperazine rings is 1. The van der Waals surface area contributed by atoms with Crippen LogP contribution in [0.2, 0.25) is 0 Å². The molecule has 1 fully saturated rings. The minimum absolute atomic E-state index is 0.100. The van der Waals surface area contributed by atoms with Gasteiger partial charge in [0.05, 0.1) is 19.3 Å². The average Bonchev–Trinajstić information content (AvgIpc) is 2.45. The first-order chi connectivity index (χ1) is 9.12. The summed E-state index contributed by atoms with van der Waals surface area (Å²) in [4.78, 5) is 27.2. The SMILES string of the molecule is CCC(CO)NC(=O)C(=O)N1CCN(CCO)CC1. The highest BCUT2D eigenvalue weighted by molar-refractivity contribution is 6.35. The molecule has 1 saturated heterocycles. The zero-order valence-corrected chi connectivity index (χ0v) is 11.3. The monoisotopic (exact) mass is 273 g/mol. The fraction of sp³-hybridized carbons (Fsp3) is 0.833. The van der Waals surface area contributed by atoms with Gasteiger partial charge in [0, 0.05) is 32.7 Å². The van der Waals surface area contributed by atoms with Crippen molar-refractivity contribution in [1.29, 1.82) is 0 Å². The van der Waals surface area contributed by atoms with E-state index in [1.165, 1.54) is 4.90 Å². The summed E-state index contributed by atoms with van der Waals surface area (Å²) >= 11 is 0. The van der Waals surface area contributed by atoms with E-state index in [0.29, 0.717) is 39.1 Å². The molecule has 0 bridgehead atoms. The molecule has 1 atom stereocenters. The van der Waals surface area contributed by atoms with Crippen LogP contribution in [0.3, 0.4) is 0 Å². The Hall–Kier alpha value is -1.18. The van der Waals surface area contributed by atoms with Crippen LogP contribution in [0.5, 0.6) is 0 Å². The van der Waals surface area contributed by atoms with Gasteiger partial charge in [-0.2, -0.15) is 0 Å². The Morgan fingerprint density at radius 1 is 1.21 bits per heavy atom. The molecule has 1 unspecified atom stereocenters. The number of carbonyl (C=O) groups is 2. The summed E-state index contributed by atoms with van der Waals surface area (Å²) in [5.74, 6) is -1.20. The van der Waals surface area contributed by atoms with Crippen LogP contribution < -0.4 is 5.32 Å². The molecule has 2 amide bonds. The van der Waals surface area contributed by atoms with Crippen LogP contribution in [0.1, 0.15) is 13.3 Å². The molecule has 7 nitrogen and oxygen atoms in total. The molecule has 0 aromatic heterocycles. The Labute approximate surface area is 113 Å². The third kappa shape index (κ3) is 4.77. The van der Waals surface area contributed by atoms with E-state index in [2.05, 4.69) is 5.32 Å². The second-order valence-corrected chi connectivity index (χ2v) is 4.62. The minimum Gasteiger partial charge on any atom is -0.395 e. The van der Waals surface area contributed by atoms with E-state index >= 15 is 0 Å². The van der Waals surface area contributed by atoms with Crippen molar-refractivity contribution in [2.45, 2.75) is 19.4 Å². The van der Waals surface area contributed by atoms with Crippen LogP contribution in [0, 0.1) is 0 Å². The molecule has 7 heteroatoms. The van der Waals surface area contributed by atoms with Crippen LogP contribution in [0.15, 0.2) is 0 Å². The molecule has 0 aliphatic carbocycles. The van der Waals surface area contributed by atoms with Crippen LogP contribution in [0.4, 0.5) is 0 Å². The first-order valence-corrected chi connectivity index (χ1v) is 6.66. The number of hydrogen-bond donors (Lipinski definition) is 3. The van der Waals surface area contributed by atoms with Gasteiger partial charge in [0.2, 0.25) is 0 Å². The van der Waals surface area contributed by atoms with Gasteiger partial charge in [-0.3, -0.25) is 14.5 Å². The summed E-state index contributed by atoms with van der Waals surface area (Å²) in [6.07, 6.45) is 0.583. The summed E-state index contributed by atoms with van der Waals surface area (Å²) in [5, 5.41) is 20.3. The Morgan fingerprint density at radius 3 is 2.32 bits per heavy atom. The molecular formula is C12H23N3O4. The summed E-state index contributed by atoms with van der Waals surface area (Å²) in [7, 11) is 0. The molecule has 0 radical (unpaired) electrons. The highest BCUT2D eigenvalue weighted by atomic mass is 16.3. The third-order valence-electron chi connectivity index (χ3n) is 3.32. The molecule has 0 spiro atoms. The quantitative estimate of drug-likeness (QED) is 0.504. The Bertz CT molecular complexity index is 299. The van der Waals surface area contributed by atoms with Crippen molar-refractivity contribution >= 4 is 11.8 Å². The lowest BCUT2D eigenvalue weighted by molar-refractivity contribution is -0.147. The molecule has 1 rings (SSSR count). The van der Waals surface area contributed by atoms with E-state index in [0.717, 1.165) is 0 Å². The number of carbonyl (C=O) groups excluding carboxylic acids is 2. The number of hydrogen-bond acceptors (Lipinski definition) is 5. The number of aliphatic hydroxyl groups excluding tert-OH is 2. The lowest BCUT2D eigenvalue weighted by Crippen LogP contribution is -2.54. The molecule has 3 N–H and O–H groups in total. The van der Waals surface area contributed by atoms with Gasteiger partial charge >= 0.3 is 11.8 Å². The molecule has 1 aliphatic rings. The van der Waals surface area contributed by atoms with Crippen LogP contribution in [-0.2, 0) is 9.59 Å². The standard InChI is InChI=1S/C12H23N3O4/c1-2-10(9-17)13-11(18)12(19)15-5-3-14(4-6-15)7-8-16/h10,16-17H,2-9H2,1H3,(H,13,18). The highest BCUT2D eigenvalue weighted by Gasteiger charge is 2.26. The maximum absolute atomic E-state index is 11.9. The number of rotatable bonds is 5. The van der Waals surface area contributed by atoms with Crippen molar-refractivity contribution < 1.29 is 19.8 Å². The summed E-state index contributed by atoms with van der Waals surface area (Å²) in [6.45, 7) is 4.66. The summed E-state index contributed by atoms with van der Waals surface area (Å²) in [6, 6.07) is -0.368. The molecule has 110 valence electrons. The van der Waals surface area contributed by atoms with Crippen molar-refractivity contribution in [1.82, 2.24) is 15.1 Å². The van der Waals surface area contributed by atoms with E-state index in [1.54, 1.807) is 0 Å². The molecule has 0 saturated carbocycles. The van der Waals surface area contributed by atoms with Crippen LogP contribution >= 0.6 is 0 Å². The van der Waals surface area contributed by atoms with Gasteiger partial charge in [0.25, 0.3) is 0 Å². The Balaban J connectivity index is 2.40. The van der Waals surface area contributed by atoms with Gasteiger partial charge in [0.15, 0.2) is 0 Å². The average molecular weight is 273 g/mol. The fourth-order valence-electron chi connectivity index (χ4n) is 1.98. The maximum atomic E-state index is 11.9. The fourth-order valence-corrected chi connectivity index (χ4v) is 1.98. The van der Waals surface area contributed by atoms with Crippen molar-refractivity contribution in [3.63, 3.8) is 0 Å². The van der Waals surface area contributed by atoms with Gasteiger partial charge in [0.1, 0.15) is 0 Å². The van der Waals surface area contributed by atoms with Crippen molar-refractivity contribution in [3.05, 3.63) is 0 Å². The Kier molecular flexibility index (Phi) is 6.75. The number of aliphatic hydroxyl groups is 2. The molecule has 1 heterocycles. The van der Waals surface area contributed by atoms with Gasteiger partial charge in [-0.05, 0) is 6.42 Å². The minimum atomic E-state index is -0.656. The smallest absolute Gasteiger partial charge is 0.311 e. The molecule has 19 heavy (non-hydrogen) atoms. The second kappa shape index (κ2) is 8.08. The normalized spacial score (nSPS) is 18.2. The second-order valence-electron chi connectivity index (χ2n) is 4.62. The Morgan fingerprint density at radius 2 is 1.84 bits per heavy atom. The summed E-state index contributed by atoms with van der Waals surface area (Å²) < 4.78 is 0. The maximum Gasteiger partial charge on any atom is 0.311 e. The number of β-amino-alcohol motifs (C(OH)–C–C–N with tert-alkyl or cyclic N) is 1. The molecule has 1 aliphatic heterocycles. The highest BCUT2D eigenvalue weighted by Crippen LogP contribution is 2.02. The van der Waals surface area contributed by atoms with E-state index in [9.17, 15) is 9.59 Å². The van der Waals surface area contributed by atoms with Gasteiger partial charge in [-0.25, -0.2) is 0 Å². The van der Waals surface area contributed by atoms with E-state index in [-0.39, 0.29) is 19.3 Å². The van der Waals surface area contributed by atoms with E-state index in [4.69, 9.17) is 10.2 Å². The van der Waals surface area contributed by atoms with Crippen molar-refractivity contribution in [3.8, 4) is 0 Å². The lowest BCUT2D eigenvalue weighted by atomic mass is 10.2. The van der Waals surface area contributed by atoms with Gasteiger partial charge in [-0.15, -0.1) is 0 Å². The molecular weight excluding hydrogens is 250 g/mol. The number of amides is 2. The van der Waals surface area contributed by atoms with Crippen LogP contribution in [0.25, 0.3) is 0 Å². The molecule has 0 aromatic carbocycles. The van der Waals surface area contributed by atoms with Crippen molar-refractivity contribution in [2.24, 2.45) is 0 Å². The third-order valence-corrected chi connectivity index (χ3v) is 3.32. The predicted molar refractivity (Wildman–Crippen MR) is 69.4 cm³/mol. The topological polar surface area (TPSA) is 93.1 Å². The number of nitrogens with zero attached hydrogens (tertiary/aromatic N) is 2. The first-order valence-electron chi connectivity index (χ1n) is 6.66. The van der Waals surface area contributed by atoms with Gasteiger partial charge in [-0.1, -0.05) is 6.92 Å². The zero-order valence-electron chi connectivity index (χ0n) is 11.3. The first kappa shape index (κ1) is 15.9. The number of nitrogens with one attached hydrogen (secondary N) is 1. The predicted octanol–water partition coefficient (Wildman–Crippen LogP) is -1.99. The summed E-state index contributed by atoms with van der Waals surface area (Å²) in [5.41, 5.74) is 0. The largest absolute Gasteiger partial charge is 0.395 e. The van der Waals surface area contributed by atoms with Crippen LogP contribution in [-0.4, -0.2) is 83.8 Å².